The Balaban J connectivity index is 3.02. The number of carboxylic acids is 1. The van der Waals surface area contributed by atoms with Crippen molar-refractivity contribution in [3.05, 3.63) is 33.9 Å². The van der Waals surface area contributed by atoms with E-state index >= 15 is 0 Å². The van der Waals surface area contributed by atoms with E-state index in [2.05, 4.69) is 0 Å². The molecule has 0 amide bonds. The third-order valence-corrected chi connectivity index (χ3v) is 3.47. The quantitative estimate of drug-likeness (QED) is 0.508. The van der Waals surface area contributed by atoms with E-state index in [9.17, 15) is 23.7 Å². The molecule has 0 aromatic heterocycles. The highest BCUT2D eigenvalue weighted by Crippen LogP contribution is 2.34. The number of aliphatic carboxylic acids is 1. The van der Waals surface area contributed by atoms with Gasteiger partial charge in [-0.05, 0) is 6.07 Å². The summed E-state index contributed by atoms with van der Waals surface area (Å²) in [7, 11) is 0. The van der Waals surface area contributed by atoms with E-state index in [1.54, 1.807) is 0 Å². The van der Waals surface area contributed by atoms with Crippen molar-refractivity contribution >= 4 is 23.4 Å². The summed E-state index contributed by atoms with van der Waals surface area (Å²) in [5, 5.41) is 19.3. The molecule has 18 heavy (non-hydrogen) atoms. The second-order valence-corrected chi connectivity index (χ2v) is 4.55. The third kappa shape index (κ3) is 3.16. The van der Waals surface area contributed by atoms with Crippen LogP contribution in [0.5, 0.6) is 0 Å². The van der Waals surface area contributed by atoms with Gasteiger partial charge in [0.2, 0.25) is 0 Å². The lowest BCUT2D eigenvalue weighted by molar-refractivity contribution is -0.388. The summed E-state index contributed by atoms with van der Waals surface area (Å²) in [6.07, 6.45) is 0. The Morgan fingerprint density at radius 2 is 2.17 bits per heavy atom. The maximum absolute atomic E-state index is 13.4. The molecule has 8 heteroatoms. The Kier molecular flexibility index (Phi) is 4.60. The molecule has 0 aliphatic heterocycles. The standard InChI is InChI=1S/C10H9F2NO4S/c1-5(10(14)15)4-18-9-7(13(16)17)3-2-6(11)8(9)12/h2-3,5H,4H2,1H3,(H,14,15). The smallest absolute Gasteiger partial charge is 0.307 e. The van der Waals surface area contributed by atoms with E-state index in [-0.39, 0.29) is 5.75 Å². The Labute approximate surface area is 105 Å². The Bertz CT molecular complexity index is 495. The number of hydrogen-bond donors (Lipinski definition) is 1. The van der Waals surface area contributed by atoms with Crippen molar-refractivity contribution in [3.63, 3.8) is 0 Å². The number of thioether (sulfide) groups is 1. The van der Waals surface area contributed by atoms with Crippen LogP contribution in [0.1, 0.15) is 6.92 Å². The Hall–Kier alpha value is -1.70. The predicted molar refractivity (Wildman–Crippen MR) is 60.5 cm³/mol. The molecule has 1 N–H and O–H groups in total. The van der Waals surface area contributed by atoms with Crippen molar-refractivity contribution in [2.75, 3.05) is 5.75 Å². The zero-order valence-electron chi connectivity index (χ0n) is 9.22. The third-order valence-electron chi connectivity index (χ3n) is 2.13. The van der Waals surface area contributed by atoms with Gasteiger partial charge in [0.15, 0.2) is 11.6 Å². The number of carbonyl (C=O) groups is 1. The second kappa shape index (κ2) is 5.76. The highest BCUT2D eigenvalue weighted by molar-refractivity contribution is 7.99. The normalized spacial score (nSPS) is 12.2. The van der Waals surface area contributed by atoms with E-state index in [1.165, 1.54) is 6.92 Å². The van der Waals surface area contributed by atoms with Crippen LogP contribution in [0.4, 0.5) is 14.5 Å². The van der Waals surface area contributed by atoms with Gasteiger partial charge in [0.25, 0.3) is 5.69 Å². The minimum Gasteiger partial charge on any atom is -0.481 e. The molecule has 0 fully saturated rings. The molecule has 0 heterocycles. The SMILES string of the molecule is CC(CSc1c([N+](=O)[O-])ccc(F)c1F)C(=O)O. The van der Waals surface area contributed by atoms with Crippen LogP contribution in [0.15, 0.2) is 17.0 Å². The van der Waals surface area contributed by atoms with E-state index < -0.39 is 39.0 Å². The van der Waals surface area contributed by atoms with Crippen LogP contribution < -0.4 is 0 Å². The van der Waals surface area contributed by atoms with E-state index in [0.29, 0.717) is 17.8 Å². The molecule has 0 spiro atoms. The van der Waals surface area contributed by atoms with E-state index in [4.69, 9.17) is 5.11 Å². The van der Waals surface area contributed by atoms with Crippen molar-refractivity contribution in [2.45, 2.75) is 11.8 Å². The highest BCUT2D eigenvalue weighted by Gasteiger charge is 2.23. The lowest BCUT2D eigenvalue weighted by Gasteiger charge is -2.07. The molecule has 5 nitrogen and oxygen atoms in total. The lowest BCUT2D eigenvalue weighted by atomic mass is 10.2. The van der Waals surface area contributed by atoms with Gasteiger partial charge in [-0.15, -0.1) is 11.8 Å². The fraction of sp³-hybridized carbons (Fsp3) is 0.300. The number of nitro benzene ring substituents is 1. The molecule has 0 saturated heterocycles. The van der Waals surface area contributed by atoms with Crippen LogP contribution in [-0.4, -0.2) is 21.8 Å². The maximum Gasteiger partial charge on any atom is 0.307 e. The highest BCUT2D eigenvalue weighted by atomic mass is 32.2. The van der Waals surface area contributed by atoms with E-state index in [1.807, 2.05) is 0 Å². The van der Waals surface area contributed by atoms with Crippen molar-refractivity contribution in [3.8, 4) is 0 Å². The largest absolute Gasteiger partial charge is 0.481 e. The minimum atomic E-state index is -1.33. The van der Waals surface area contributed by atoms with Crippen LogP contribution >= 0.6 is 11.8 Å². The van der Waals surface area contributed by atoms with Gasteiger partial charge in [-0.2, -0.15) is 0 Å². The minimum absolute atomic E-state index is 0.0868. The molecule has 0 saturated carbocycles. The van der Waals surface area contributed by atoms with Gasteiger partial charge in [0.05, 0.1) is 10.8 Å². The van der Waals surface area contributed by atoms with Gasteiger partial charge < -0.3 is 5.11 Å². The van der Waals surface area contributed by atoms with Crippen molar-refractivity contribution in [1.29, 1.82) is 0 Å². The Morgan fingerprint density at radius 1 is 1.56 bits per heavy atom. The van der Waals surface area contributed by atoms with Crippen molar-refractivity contribution in [1.82, 2.24) is 0 Å². The number of halogens is 2. The van der Waals surface area contributed by atoms with Gasteiger partial charge in [-0.25, -0.2) is 8.78 Å². The zero-order valence-corrected chi connectivity index (χ0v) is 10.0. The molecule has 1 aromatic rings. The molecule has 98 valence electrons. The van der Waals surface area contributed by atoms with E-state index in [0.717, 1.165) is 6.07 Å². The summed E-state index contributed by atoms with van der Waals surface area (Å²) in [4.78, 5) is 19.9. The van der Waals surface area contributed by atoms with Crippen LogP contribution in [0.2, 0.25) is 0 Å². The summed E-state index contributed by atoms with van der Waals surface area (Å²) in [5.41, 5.74) is -0.573. The molecule has 0 aliphatic rings. The van der Waals surface area contributed by atoms with Gasteiger partial charge in [-0.3, -0.25) is 14.9 Å². The molecule has 0 radical (unpaired) electrons. The average molecular weight is 277 g/mol. The summed E-state index contributed by atoms with van der Waals surface area (Å²) in [6.45, 7) is 1.37. The number of benzene rings is 1. The molecule has 1 rings (SSSR count). The van der Waals surface area contributed by atoms with Gasteiger partial charge in [-0.1, -0.05) is 6.92 Å². The van der Waals surface area contributed by atoms with Gasteiger partial charge in [0, 0.05) is 11.8 Å². The monoisotopic (exact) mass is 277 g/mol. The van der Waals surface area contributed by atoms with Gasteiger partial charge in [0.1, 0.15) is 4.90 Å². The first-order valence-corrected chi connectivity index (χ1v) is 5.81. The summed E-state index contributed by atoms with van der Waals surface area (Å²) in [6, 6.07) is 1.52. The summed E-state index contributed by atoms with van der Waals surface area (Å²) >= 11 is 0.615. The summed E-state index contributed by atoms with van der Waals surface area (Å²) in [5.74, 6) is -4.55. The molecule has 0 bridgehead atoms. The predicted octanol–water partition coefficient (Wildman–Crippen LogP) is 2.69. The summed E-state index contributed by atoms with van der Waals surface area (Å²) < 4.78 is 26.4. The number of nitrogens with zero attached hydrogens (tertiary/aromatic N) is 1. The molecule has 0 aliphatic carbocycles. The second-order valence-electron chi connectivity index (χ2n) is 3.52. The fourth-order valence-electron chi connectivity index (χ4n) is 1.08. The molecular weight excluding hydrogens is 268 g/mol. The number of nitro groups is 1. The van der Waals surface area contributed by atoms with Crippen molar-refractivity contribution in [2.24, 2.45) is 5.92 Å². The topological polar surface area (TPSA) is 80.4 Å². The first-order chi connectivity index (χ1) is 8.34. The fourth-order valence-corrected chi connectivity index (χ4v) is 2.16. The van der Waals surface area contributed by atoms with Crippen LogP contribution in [0, 0.1) is 27.7 Å². The van der Waals surface area contributed by atoms with Crippen LogP contribution in [0.3, 0.4) is 0 Å². The maximum atomic E-state index is 13.4. The number of carboxylic acid groups (broad SMARTS) is 1. The first-order valence-electron chi connectivity index (χ1n) is 4.82. The number of hydrogen-bond acceptors (Lipinski definition) is 4. The average Bonchev–Trinajstić information content (AvgIpc) is 2.29. The molecule has 1 aromatic carbocycles. The first kappa shape index (κ1) is 14.4. The van der Waals surface area contributed by atoms with Crippen LogP contribution in [-0.2, 0) is 4.79 Å². The van der Waals surface area contributed by atoms with Crippen LogP contribution in [0.25, 0.3) is 0 Å². The van der Waals surface area contributed by atoms with Gasteiger partial charge >= 0.3 is 5.97 Å². The Morgan fingerprint density at radius 3 is 2.67 bits per heavy atom. The molecule has 1 atom stereocenters. The molecule has 1 unspecified atom stereocenters. The number of rotatable bonds is 5. The zero-order chi connectivity index (χ0) is 13.9. The molecular formula is C10H9F2NO4S. The van der Waals surface area contributed by atoms with Crippen molar-refractivity contribution < 1.29 is 23.6 Å². The lowest BCUT2D eigenvalue weighted by Crippen LogP contribution is -2.12.